The van der Waals surface area contributed by atoms with Gasteiger partial charge in [-0.25, -0.2) is 4.79 Å². The van der Waals surface area contributed by atoms with Gasteiger partial charge in [-0.15, -0.1) is 0 Å². The summed E-state index contributed by atoms with van der Waals surface area (Å²) in [6, 6.07) is 22.6. The highest BCUT2D eigenvalue weighted by Gasteiger charge is 2.50. The minimum absolute atomic E-state index is 0.426. The Bertz CT molecular complexity index is 1180. The van der Waals surface area contributed by atoms with Crippen molar-refractivity contribution in [3.63, 3.8) is 0 Å². The average molecular weight is 494 g/mol. The summed E-state index contributed by atoms with van der Waals surface area (Å²) in [5.74, 6) is 0.0437. The van der Waals surface area contributed by atoms with Crippen LogP contribution in [0.4, 0.5) is 10.5 Å². The Morgan fingerprint density at radius 2 is 1.66 bits per heavy atom. The fourth-order valence-electron chi connectivity index (χ4n) is 3.50. The lowest BCUT2D eigenvalue weighted by Gasteiger charge is -2.23. The molecule has 0 bridgehead atoms. The first kappa shape index (κ1) is 21.6. The lowest BCUT2D eigenvalue weighted by atomic mass is 9.92. The number of para-hydroxylation sites is 3. The van der Waals surface area contributed by atoms with Gasteiger partial charge >= 0.3 is 6.03 Å². The van der Waals surface area contributed by atoms with Gasteiger partial charge in [-0.2, -0.15) is 0 Å². The smallest absolute Gasteiger partial charge is 0.325 e. The maximum atomic E-state index is 13.1. The molecule has 4 rings (SSSR count). The van der Waals surface area contributed by atoms with Crippen LogP contribution in [0, 0.1) is 0 Å². The van der Waals surface area contributed by atoms with Crippen LogP contribution in [0.25, 0.3) is 0 Å². The highest BCUT2D eigenvalue weighted by atomic mass is 79.9. The maximum Gasteiger partial charge on any atom is 0.325 e. The van der Waals surface area contributed by atoms with Gasteiger partial charge in [0.25, 0.3) is 5.91 Å². The Labute approximate surface area is 193 Å². The van der Waals surface area contributed by atoms with Gasteiger partial charge in [0, 0.05) is 10.0 Å². The third-order valence-corrected chi connectivity index (χ3v) is 5.81. The molecule has 7 nitrogen and oxygen atoms in total. The molecule has 1 heterocycles. The second-order valence-electron chi connectivity index (χ2n) is 7.39. The summed E-state index contributed by atoms with van der Waals surface area (Å²) in [5, 5.41) is 5.43. The van der Waals surface area contributed by atoms with Gasteiger partial charge in [0.05, 0.1) is 5.69 Å². The Balaban J connectivity index is 1.49. The fourth-order valence-corrected chi connectivity index (χ4v) is 4.18. The number of anilines is 1. The van der Waals surface area contributed by atoms with E-state index in [1.807, 2.05) is 24.3 Å². The van der Waals surface area contributed by atoms with E-state index in [-0.39, 0.29) is 0 Å². The van der Waals surface area contributed by atoms with Crippen molar-refractivity contribution in [2.75, 3.05) is 11.9 Å². The molecule has 3 aromatic carbocycles. The minimum atomic E-state index is -1.27. The number of hydrogen-bond donors (Lipinski definition) is 2. The summed E-state index contributed by atoms with van der Waals surface area (Å²) in [7, 11) is 0. The topological polar surface area (TPSA) is 87.7 Å². The number of rotatable bonds is 6. The third-order valence-electron chi connectivity index (χ3n) is 5.12. The van der Waals surface area contributed by atoms with Crippen LogP contribution in [0.3, 0.4) is 0 Å². The minimum Gasteiger partial charge on any atom is -0.455 e. The van der Waals surface area contributed by atoms with Gasteiger partial charge in [0.2, 0.25) is 5.91 Å². The van der Waals surface area contributed by atoms with E-state index in [0.717, 1.165) is 4.90 Å². The van der Waals surface area contributed by atoms with Crippen LogP contribution < -0.4 is 15.4 Å². The highest BCUT2D eigenvalue weighted by Crippen LogP contribution is 2.34. The van der Waals surface area contributed by atoms with Crippen molar-refractivity contribution in [3.8, 4) is 11.5 Å². The number of carbonyl (C=O) groups is 3. The number of halogens is 1. The van der Waals surface area contributed by atoms with Gasteiger partial charge in [-0.1, -0.05) is 64.5 Å². The normalized spacial score (nSPS) is 17.8. The number of nitrogens with zero attached hydrogens (tertiary/aromatic N) is 1. The summed E-state index contributed by atoms with van der Waals surface area (Å²) in [4.78, 5) is 39.3. The molecule has 2 N–H and O–H groups in total. The second-order valence-corrected chi connectivity index (χ2v) is 8.24. The number of amides is 4. The van der Waals surface area contributed by atoms with Crippen molar-refractivity contribution < 1.29 is 19.1 Å². The molecule has 3 aromatic rings. The van der Waals surface area contributed by atoms with E-state index >= 15 is 0 Å². The molecule has 0 unspecified atom stereocenters. The van der Waals surface area contributed by atoms with Crippen molar-refractivity contribution in [2.24, 2.45) is 0 Å². The molecule has 1 aliphatic rings. The van der Waals surface area contributed by atoms with Crippen LogP contribution in [0.15, 0.2) is 83.3 Å². The summed E-state index contributed by atoms with van der Waals surface area (Å²) in [6.07, 6.45) is 0. The van der Waals surface area contributed by atoms with Gasteiger partial charge in [-0.3, -0.25) is 14.5 Å². The van der Waals surface area contributed by atoms with Crippen molar-refractivity contribution in [1.82, 2.24) is 10.2 Å². The molecular formula is C24H20BrN3O4. The van der Waals surface area contributed by atoms with E-state index in [1.165, 1.54) is 0 Å². The summed E-state index contributed by atoms with van der Waals surface area (Å²) in [6.45, 7) is 1.19. The highest BCUT2D eigenvalue weighted by molar-refractivity contribution is 9.10. The van der Waals surface area contributed by atoms with Crippen molar-refractivity contribution in [2.45, 2.75) is 12.5 Å². The second kappa shape index (κ2) is 8.84. The quantitative estimate of drug-likeness (QED) is 0.489. The fraction of sp³-hybridized carbons (Fsp3) is 0.125. The van der Waals surface area contributed by atoms with Crippen LogP contribution in [0.1, 0.15) is 12.5 Å². The summed E-state index contributed by atoms with van der Waals surface area (Å²) in [5.41, 5.74) is -0.226. The van der Waals surface area contributed by atoms with E-state index in [4.69, 9.17) is 4.74 Å². The van der Waals surface area contributed by atoms with E-state index < -0.39 is 29.9 Å². The number of carbonyl (C=O) groups excluding carboxylic acids is 3. The van der Waals surface area contributed by atoms with Crippen LogP contribution >= 0.6 is 15.9 Å². The number of imide groups is 1. The predicted molar refractivity (Wildman–Crippen MR) is 123 cm³/mol. The van der Waals surface area contributed by atoms with Crippen LogP contribution in [-0.4, -0.2) is 29.3 Å². The number of hydrogen-bond acceptors (Lipinski definition) is 4. The molecule has 1 fully saturated rings. The Morgan fingerprint density at radius 1 is 1.00 bits per heavy atom. The number of benzene rings is 3. The van der Waals surface area contributed by atoms with Crippen LogP contribution in [-0.2, 0) is 15.1 Å². The first-order chi connectivity index (χ1) is 15.4. The van der Waals surface area contributed by atoms with Crippen molar-refractivity contribution in [1.29, 1.82) is 0 Å². The molecule has 0 aromatic heterocycles. The zero-order valence-corrected chi connectivity index (χ0v) is 18.8. The van der Waals surface area contributed by atoms with Crippen LogP contribution in [0.5, 0.6) is 11.5 Å². The first-order valence-electron chi connectivity index (χ1n) is 9.89. The Morgan fingerprint density at radius 3 is 2.41 bits per heavy atom. The van der Waals surface area contributed by atoms with E-state index in [2.05, 4.69) is 26.6 Å². The molecule has 4 amide bonds. The molecule has 0 aliphatic carbocycles. The molecule has 0 radical (unpaired) electrons. The molecule has 1 aliphatic heterocycles. The molecule has 1 atom stereocenters. The number of ether oxygens (including phenoxy) is 1. The monoisotopic (exact) mass is 493 g/mol. The summed E-state index contributed by atoms with van der Waals surface area (Å²) >= 11 is 3.42. The number of nitrogens with one attached hydrogen (secondary N) is 2. The molecule has 0 saturated carbocycles. The third kappa shape index (κ3) is 4.22. The van der Waals surface area contributed by atoms with E-state index in [0.29, 0.717) is 27.2 Å². The van der Waals surface area contributed by atoms with Gasteiger partial charge in [0.15, 0.2) is 5.75 Å². The molecule has 0 spiro atoms. The van der Waals surface area contributed by atoms with Gasteiger partial charge in [0.1, 0.15) is 17.8 Å². The molecule has 1 saturated heterocycles. The van der Waals surface area contributed by atoms with Crippen molar-refractivity contribution >= 4 is 39.5 Å². The predicted octanol–water partition coefficient (Wildman–Crippen LogP) is 4.65. The first-order valence-corrected chi connectivity index (χ1v) is 10.7. The Hall–Kier alpha value is -3.65. The molecule has 8 heteroatoms. The Kier molecular flexibility index (Phi) is 5.96. The lowest BCUT2D eigenvalue weighted by Crippen LogP contribution is -2.42. The molecule has 32 heavy (non-hydrogen) atoms. The SMILES string of the molecule is C[C@]1(c2ccccc2Br)NC(=O)N(CC(=O)Nc2ccccc2Oc2ccccc2)C1=O. The molecule has 162 valence electrons. The van der Waals surface area contributed by atoms with E-state index in [9.17, 15) is 14.4 Å². The van der Waals surface area contributed by atoms with Crippen molar-refractivity contribution in [3.05, 3.63) is 88.9 Å². The average Bonchev–Trinajstić information content (AvgIpc) is 3.00. The van der Waals surface area contributed by atoms with E-state index in [1.54, 1.807) is 61.5 Å². The summed E-state index contributed by atoms with van der Waals surface area (Å²) < 4.78 is 6.54. The molecular weight excluding hydrogens is 474 g/mol. The zero-order valence-electron chi connectivity index (χ0n) is 17.2. The zero-order chi connectivity index (χ0) is 22.7. The number of urea groups is 1. The largest absolute Gasteiger partial charge is 0.455 e. The lowest BCUT2D eigenvalue weighted by molar-refractivity contribution is -0.133. The standard InChI is InChI=1S/C24H20BrN3O4/c1-24(17-11-5-6-12-18(17)25)22(30)28(23(31)27-24)15-21(29)26-19-13-7-8-14-20(19)32-16-9-3-2-4-10-16/h2-14H,15H2,1H3,(H,26,29)(H,27,31)/t24-/m1/s1. The van der Waals surface area contributed by atoms with Gasteiger partial charge < -0.3 is 15.4 Å². The van der Waals surface area contributed by atoms with Crippen LogP contribution in [0.2, 0.25) is 0 Å². The van der Waals surface area contributed by atoms with Gasteiger partial charge in [-0.05, 0) is 37.3 Å². The maximum absolute atomic E-state index is 13.1.